The first-order valence-electron chi connectivity index (χ1n) is 6.87. The molecule has 0 radical (unpaired) electrons. The highest BCUT2D eigenvalue weighted by atomic mass is 16.5. The number of hydrogen-bond acceptors (Lipinski definition) is 3. The highest BCUT2D eigenvalue weighted by molar-refractivity contribution is 5.59. The molecule has 0 amide bonds. The zero-order valence-electron chi connectivity index (χ0n) is 11.5. The average Bonchev–Trinajstić information content (AvgIpc) is 3.28. The van der Waals surface area contributed by atoms with E-state index >= 15 is 0 Å². The summed E-state index contributed by atoms with van der Waals surface area (Å²) >= 11 is 0. The summed E-state index contributed by atoms with van der Waals surface area (Å²) in [4.78, 5) is 0. The van der Waals surface area contributed by atoms with Gasteiger partial charge in [-0.1, -0.05) is 42.5 Å². The van der Waals surface area contributed by atoms with Crippen LogP contribution in [-0.2, 0) is 0 Å². The average molecular weight is 269 g/mol. The Hall–Kier alpha value is -2.00. The van der Waals surface area contributed by atoms with Crippen molar-refractivity contribution in [2.24, 2.45) is 5.92 Å². The molecule has 2 aromatic carbocycles. The van der Waals surface area contributed by atoms with Crippen molar-refractivity contribution in [1.82, 2.24) is 0 Å². The summed E-state index contributed by atoms with van der Waals surface area (Å²) in [5.41, 5.74) is 8.66. The third kappa shape index (κ3) is 2.25. The highest BCUT2D eigenvalue weighted by Gasteiger charge is 2.44. The lowest BCUT2D eigenvalue weighted by Crippen LogP contribution is -2.06. The molecular weight excluding hydrogens is 250 g/mol. The van der Waals surface area contributed by atoms with Crippen LogP contribution in [0.15, 0.2) is 48.5 Å². The Bertz CT molecular complexity index is 597. The fourth-order valence-electron chi connectivity index (χ4n) is 2.87. The number of methoxy groups -OCH3 is 1. The van der Waals surface area contributed by atoms with Crippen molar-refractivity contribution >= 4 is 5.69 Å². The largest absolute Gasteiger partial charge is 0.495 e. The van der Waals surface area contributed by atoms with Crippen LogP contribution in [0.1, 0.15) is 29.6 Å². The number of para-hydroxylation sites is 1. The normalized spacial score (nSPS) is 22.3. The van der Waals surface area contributed by atoms with Gasteiger partial charge in [0.2, 0.25) is 0 Å². The van der Waals surface area contributed by atoms with E-state index in [-0.39, 0.29) is 5.92 Å². The summed E-state index contributed by atoms with van der Waals surface area (Å²) in [6.07, 6.45) is 0.470. The second-order valence-corrected chi connectivity index (χ2v) is 5.32. The quantitative estimate of drug-likeness (QED) is 0.838. The van der Waals surface area contributed by atoms with Crippen LogP contribution in [0.2, 0.25) is 0 Å². The smallest absolute Gasteiger partial charge is 0.142 e. The summed E-state index contributed by atoms with van der Waals surface area (Å²) in [5, 5.41) is 10.6. The van der Waals surface area contributed by atoms with E-state index in [2.05, 4.69) is 12.1 Å². The molecule has 0 aliphatic heterocycles. The Kier molecular flexibility index (Phi) is 3.36. The van der Waals surface area contributed by atoms with E-state index in [4.69, 9.17) is 10.5 Å². The van der Waals surface area contributed by atoms with E-state index < -0.39 is 6.10 Å². The van der Waals surface area contributed by atoms with Crippen LogP contribution in [0.3, 0.4) is 0 Å². The lowest BCUT2D eigenvalue weighted by Gasteiger charge is -2.15. The number of nitrogen functional groups attached to an aromatic ring is 1. The molecule has 104 valence electrons. The maximum absolute atomic E-state index is 10.6. The molecule has 0 aromatic heterocycles. The molecule has 0 bridgehead atoms. The molecule has 3 unspecified atom stereocenters. The van der Waals surface area contributed by atoms with Gasteiger partial charge in [0.25, 0.3) is 0 Å². The summed E-state index contributed by atoms with van der Waals surface area (Å²) in [5.74, 6) is 1.29. The fourth-order valence-corrected chi connectivity index (χ4v) is 2.87. The van der Waals surface area contributed by atoms with Crippen LogP contribution < -0.4 is 10.5 Å². The number of ether oxygens (including phenoxy) is 1. The molecule has 1 aliphatic rings. The molecule has 1 saturated carbocycles. The number of rotatable bonds is 4. The number of nitrogens with two attached hydrogens (primary N) is 1. The van der Waals surface area contributed by atoms with Crippen molar-refractivity contribution in [2.45, 2.75) is 18.4 Å². The van der Waals surface area contributed by atoms with Crippen LogP contribution in [-0.4, -0.2) is 12.2 Å². The summed E-state index contributed by atoms with van der Waals surface area (Å²) in [7, 11) is 1.59. The van der Waals surface area contributed by atoms with Gasteiger partial charge < -0.3 is 15.6 Å². The van der Waals surface area contributed by atoms with Gasteiger partial charge in [0.05, 0.1) is 18.9 Å². The van der Waals surface area contributed by atoms with Gasteiger partial charge in [-0.05, 0) is 29.9 Å². The van der Waals surface area contributed by atoms with E-state index in [1.165, 1.54) is 5.56 Å². The Balaban J connectivity index is 1.80. The Morgan fingerprint density at radius 1 is 1.15 bits per heavy atom. The van der Waals surface area contributed by atoms with Crippen molar-refractivity contribution in [3.8, 4) is 5.75 Å². The minimum atomic E-state index is -0.532. The van der Waals surface area contributed by atoms with Crippen molar-refractivity contribution < 1.29 is 9.84 Å². The molecule has 3 heteroatoms. The van der Waals surface area contributed by atoms with Gasteiger partial charge in [0, 0.05) is 5.56 Å². The molecule has 3 atom stereocenters. The van der Waals surface area contributed by atoms with Crippen molar-refractivity contribution in [1.29, 1.82) is 0 Å². The zero-order valence-corrected chi connectivity index (χ0v) is 11.5. The van der Waals surface area contributed by atoms with Gasteiger partial charge in [0.1, 0.15) is 5.75 Å². The van der Waals surface area contributed by atoms with Crippen LogP contribution in [0.5, 0.6) is 5.75 Å². The first-order valence-corrected chi connectivity index (χ1v) is 6.87. The molecule has 1 fully saturated rings. The Labute approximate surface area is 119 Å². The second kappa shape index (κ2) is 5.17. The van der Waals surface area contributed by atoms with Gasteiger partial charge in [0.15, 0.2) is 0 Å². The molecule has 3 N–H and O–H groups in total. The second-order valence-electron chi connectivity index (χ2n) is 5.32. The number of aliphatic hydroxyl groups is 1. The lowest BCUT2D eigenvalue weighted by atomic mass is 9.99. The third-order valence-corrected chi connectivity index (χ3v) is 4.11. The van der Waals surface area contributed by atoms with Crippen LogP contribution in [0, 0.1) is 5.92 Å². The minimum absolute atomic E-state index is 0.242. The predicted octanol–water partition coefficient (Wildman–Crippen LogP) is 3.11. The van der Waals surface area contributed by atoms with Gasteiger partial charge in [-0.25, -0.2) is 0 Å². The van der Waals surface area contributed by atoms with Crippen LogP contribution in [0.25, 0.3) is 0 Å². The number of benzene rings is 2. The first-order chi connectivity index (χ1) is 9.72. The van der Waals surface area contributed by atoms with Crippen molar-refractivity contribution in [3.63, 3.8) is 0 Å². The van der Waals surface area contributed by atoms with E-state index in [9.17, 15) is 5.11 Å². The maximum atomic E-state index is 10.6. The van der Waals surface area contributed by atoms with Crippen LogP contribution >= 0.6 is 0 Å². The first kappa shape index (κ1) is 13.0. The van der Waals surface area contributed by atoms with Crippen LogP contribution in [0.4, 0.5) is 5.69 Å². The number of hydrogen-bond donors (Lipinski definition) is 2. The summed E-state index contributed by atoms with van der Waals surface area (Å²) < 4.78 is 5.21. The molecule has 20 heavy (non-hydrogen) atoms. The molecule has 1 aliphatic carbocycles. The molecular formula is C17H19NO2. The lowest BCUT2D eigenvalue weighted by molar-refractivity contribution is 0.151. The molecule has 3 nitrogen and oxygen atoms in total. The molecule has 0 spiro atoms. The molecule has 3 rings (SSSR count). The molecule has 2 aromatic rings. The summed E-state index contributed by atoms with van der Waals surface area (Å²) in [6.45, 7) is 0. The SMILES string of the molecule is COc1cccc(C(O)C2CC2c2ccccc2)c1N. The highest BCUT2D eigenvalue weighted by Crippen LogP contribution is 2.55. The van der Waals surface area contributed by atoms with Gasteiger partial charge in [-0.3, -0.25) is 0 Å². The van der Waals surface area contributed by atoms with E-state index in [1.54, 1.807) is 7.11 Å². The predicted molar refractivity (Wildman–Crippen MR) is 79.7 cm³/mol. The fraction of sp³-hybridized carbons (Fsp3) is 0.294. The monoisotopic (exact) mass is 269 g/mol. The number of anilines is 1. The third-order valence-electron chi connectivity index (χ3n) is 4.11. The van der Waals surface area contributed by atoms with E-state index in [1.807, 2.05) is 36.4 Å². The number of aliphatic hydroxyl groups excluding tert-OH is 1. The maximum Gasteiger partial charge on any atom is 0.142 e. The van der Waals surface area contributed by atoms with Crippen molar-refractivity contribution in [3.05, 3.63) is 59.7 Å². The molecule has 0 saturated heterocycles. The van der Waals surface area contributed by atoms with E-state index in [0.29, 0.717) is 17.4 Å². The van der Waals surface area contributed by atoms with Gasteiger partial charge in [-0.15, -0.1) is 0 Å². The topological polar surface area (TPSA) is 55.5 Å². The Morgan fingerprint density at radius 2 is 1.90 bits per heavy atom. The Morgan fingerprint density at radius 3 is 2.60 bits per heavy atom. The minimum Gasteiger partial charge on any atom is -0.495 e. The zero-order chi connectivity index (χ0) is 14.1. The van der Waals surface area contributed by atoms with E-state index in [0.717, 1.165) is 12.0 Å². The standard InChI is InChI=1S/C17H19NO2/c1-20-15-9-5-8-12(16(15)18)17(19)14-10-13(14)11-6-3-2-4-7-11/h2-9,13-14,17,19H,10,18H2,1H3. The van der Waals surface area contributed by atoms with Crippen molar-refractivity contribution in [2.75, 3.05) is 12.8 Å². The summed E-state index contributed by atoms with van der Waals surface area (Å²) in [6, 6.07) is 15.9. The van der Waals surface area contributed by atoms with Gasteiger partial charge in [-0.2, -0.15) is 0 Å². The molecule has 0 heterocycles. The van der Waals surface area contributed by atoms with Gasteiger partial charge >= 0.3 is 0 Å².